The second-order valence-corrected chi connectivity index (χ2v) is 8.31. The molecule has 3 atom stereocenters. The molecule has 1 aromatic heterocycles. The summed E-state index contributed by atoms with van der Waals surface area (Å²) in [6, 6.07) is 9.63. The second-order valence-electron chi connectivity index (χ2n) is 7.20. The molecule has 0 saturated carbocycles. The quantitative estimate of drug-likeness (QED) is 0.383. The monoisotopic (exact) mass is 439 g/mol. The van der Waals surface area contributed by atoms with E-state index in [2.05, 4.69) is 10.5 Å². The van der Waals surface area contributed by atoms with Crippen LogP contribution >= 0.6 is 11.8 Å². The standard InChI is InChI=1S/C21H18N4O5S/c26-18(16(23-30)14-4-2-1-3-5-14)22-17-19(27)25-11-13(12-31-20(17)25)10-24-8-6-15(7-9-24)21(28)29/h1-9,11,16-17,20H,10,12H2,(H-,22,26,28,29)/p+1/t16?,17-,20+/m1/s1. The summed E-state index contributed by atoms with van der Waals surface area (Å²) in [6.45, 7) is 0.519. The minimum absolute atomic E-state index is 0.207. The van der Waals surface area contributed by atoms with E-state index in [0.29, 0.717) is 17.9 Å². The van der Waals surface area contributed by atoms with Crippen molar-refractivity contribution in [3.8, 4) is 0 Å². The lowest BCUT2D eigenvalue weighted by Gasteiger charge is -2.47. The number of benzene rings is 1. The van der Waals surface area contributed by atoms with Crippen molar-refractivity contribution in [2.24, 2.45) is 5.18 Å². The lowest BCUT2D eigenvalue weighted by molar-refractivity contribution is -0.689. The zero-order valence-corrected chi connectivity index (χ0v) is 17.1. The maximum atomic E-state index is 12.6. The van der Waals surface area contributed by atoms with E-state index in [4.69, 9.17) is 5.11 Å². The number of carboxylic acids is 1. The van der Waals surface area contributed by atoms with Crippen LogP contribution in [-0.2, 0) is 16.1 Å². The van der Waals surface area contributed by atoms with Gasteiger partial charge in [0.05, 0.1) is 5.56 Å². The number of amides is 2. The number of aromatic carboxylic acids is 1. The molecule has 1 unspecified atom stereocenters. The Morgan fingerprint density at radius 2 is 1.94 bits per heavy atom. The molecule has 158 valence electrons. The van der Waals surface area contributed by atoms with Gasteiger partial charge in [0, 0.05) is 29.7 Å². The van der Waals surface area contributed by atoms with Crippen molar-refractivity contribution in [1.82, 2.24) is 10.2 Å². The Hall–Kier alpha value is -3.53. The molecule has 4 rings (SSSR count). The number of rotatable bonds is 7. The van der Waals surface area contributed by atoms with Crippen LogP contribution in [0.4, 0.5) is 0 Å². The number of carboxylic acid groups (broad SMARTS) is 1. The number of nitroso groups, excluding NO2 is 1. The first-order chi connectivity index (χ1) is 15.0. The number of carbonyl (C=O) groups is 3. The van der Waals surface area contributed by atoms with Crippen LogP contribution in [0.2, 0.25) is 0 Å². The summed E-state index contributed by atoms with van der Waals surface area (Å²) in [6.07, 6.45) is 5.13. The minimum Gasteiger partial charge on any atom is -0.478 e. The maximum absolute atomic E-state index is 12.6. The fourth-order valence-corrected chi connectivity index (χ4v) is 4.77. The molecule has 10 heteroatoms. The molecule has 2 aromatic rings. The number of nitrogens with one attached hydrogen (secondary N) is 1. The number of hydrogen-bond acceptors (Lipinski definition) is 6. The van der Waals surface area contributed by atoms with Crippen molar-refractivity contribution >= 4 is 29.5 Å². The molecule has 31 heavy (non-hydrogen) atoms. The van der Waals surface area contributed by atoms with Crippen LogP contribution in [-0.4, -0.2) is 45.0 Å². The third-order valence-corrected chi connectivity index (χ3v) is 6.51. The number of hydrogen-bond donors (Lipinski definition) is 2. The van der Waals surface area contributed by atoms with E-state index in [9.17, 15) is 19.3 Å². The fourth-order valence-electron chi connectivity index (χ4n) is 3.51. The largest absolute Gasteiger partial charge is 0.478 e. The van der Waals surface area contributed by atoms with Gasteiger partial charge in [0.15, 0.2) is 25.0 Å². The van der Waals surface area contributed by atoms with Gasteiger partial charge in [-0.05, 0) is 5.56 Å². The summed E-state index contributed by atoms with van der Waals surface area (Å²) in [5, 5.41) is 14.3. The predicted octanol–water partition coefficient (Wildman–Crippen LogP) is 1.46. The normalized spacial score (nSPS) is 20.7. The van der Waals surface area contributed by atoms with Gasteiger partial charge in [-0.15, -0.1) is 16.7 Å². The van der Waals surface area contributed by atoms with E-state index in [1.165, 1.54) is 23.9 Å². The number of nitrogens with zero attached hydrogens (tertiary/aromatic N) is 3. The molecule has 1 aromatic carbocycles. The van der Waals surface area contributed by atoms with Crippen LogP contribution in [0.3, 0.4) is 0 Å². The number of carbonyl (C=O) groups excluding carboxylic acids is 2. The lowest BCUT2D eigenvalue weighted by atomic mass is 10.0. The Kier molecular flexibility index (Phi) is 5.81. The number of β-lactam (4-membered cyclic amide) rings is 1. The highest BCUT2D eigenvalue weighted by atomic mass is 32.2. The molecule has 1 saturated heterocycles. The van der Waals surface area contributed by atoms with E-state index >= 15 is 0 Å². The van der Waals surface area contributed by atoms with Gasteiger partial charge >= 0.3 is 5.97 Å². The van der Waals surface area contributed by atoms with Gasteiger partial charge in [0.2, 0.25) is 0 Å². The summed E-state index contributed by atoms with van der Waals surface area (Å²) in [7, 11) is 0. The first-order valence-corrected chi connectivity index (χ1v) is 10.6. The molecule has 1 fully saturated rings. The molecule has 0 spiro atoms. The SMILES string of the molecule is O=NC(C(=O)N[C@@H]1C(=O)N2C=C(C[n+]3ccc(C(=O)O)cc3)CS[C@@H]12)c1ccccc1. The maximum Gasteiger partial charge on any atom is 0.336 e. The first-order valence-electron chi connectivity index (χ1n) is 9.51. The Morgan fingerprint density at radius 1 is 1.23 bits per heavy atom. The molecule has 2 N–H and O–H groups in total. The van der Waals surface area contributed by atoms with Gasteiger partial charge in [-0.1, -0.05) is 35.5 Å². The Bertz CT molecular complexity index is 1060. The van der Waals surface area contributed by atoms with Crippen LogP contribution in [0.15, 0.2) is 71.8 Å². The van der Waals surface area contributed by atoms with Gasteiger partial charge < -0.3 is 15.3 Å². The van der Waals surface area contributed by atoms with E-state index in [1.54, 1.807) is 53.8 Å². The fraction of sp³-hybridized carbons (Fsp3) is 0.238. The predicted molar refractivity (Wildman–Crippen MR) is 112 cm³/mol. The van der Waals surface area contributed by atoms with Crippen LogP contribution in [0.1, 0.15) is 22.0 Å². The Balaban J connectivity index is 1.39. The number of pyridine rings is 1. The summed E-state index contributed by atoms with van der Waals surface area (Å²) in [5.41, 5.74) is 1.67. The molecular weight excluding hydrogens is 420 g/mol. The molecular formula is C21H19N4O5S+. The van der Waals surface area contributed by atoms with E-state index in [1.807, 2.05) is 4.57 Å². The molecule has 2 aliphatic heterocycles. The van der Waals surface area contributed by atoms with Crippen molar-refractivity contribution in [2.75, 3.05) is 5.75 Å². The Labute approximate surface area is 181 Å². The molecule has 2 aliphatic rings. The number of aromatic nitrogens is 1. The minimum atomic E-state index is -1.20. The topological polar surface area (TPSA) is 120 Å². The van der Waals surface area contributed by atoms with Gasteiger partial charge in [-0.2, -0.15) is 0 Å². The molecule has 2 amide bonds. The smallest absolute Gasteiger partial charge is 0.336 e. The zero-order valence-electron chi connectivity index (χ0n) is 16.2. The second kappa shape index (κ2) is 8.68. The summed E-state index contributed by atoms with van der Waals surface area (Å²) in [5.74, 6) is -1.17. The third kappa shape index (κ3) is 4.19. The van der Waals surface area contributed by atoms with Crippen LogP contribution in [0, 0.1) is 4.91 Å². The third-order valence-electron chi connectivity index (χ3n) is 5.13. The summed E-state index contributed by atoms with van der Waals surface area (Å²) < 4.78 is 1.84. The lowest BCUT2D eigenvalue weighted by Crippen LogP contribution is -2.68. The van der Waals surface area contributed by atoms with Crippen LogP contribution in [0.5, 0.6) is 0 Å². The highest BCUT2D eigenvalue weighted by Gasteiger charge is 2.50. The molecule has 0 bridgehead atoms. The Morgan fingerprint density at radius 3 is 2.58 bits per heavy atom. The van der Waals surface area contributed by atoms with Crippen molar-refractivity contribution in [3.63, 3.8) is 0 Å². The van der Waals surface area contributed by atoms with Gasteiger partial charge in [0.1, 0.15) is 11.4 Å². The molecule has 0 radical (unpaired) electrons. The molecule has 0 aliphatic carbocycles. The van der Waals surface area contributed by atoms with Crippen molar-refractivity contribution in [2.45, 2.75) is 24.0 Å². The van der Waals surface area contributed by atoms with Crippen molar-refractivity contribution in [1.29, 1.82) is 0 Å². The average molecular weight is 439 g/mol. The van der Waals surface area contributed by atoms with Gasteiger partial charge in [-0.3, -0.25) is 9.59 Å². The van der Waals surface area contributed by atoms with Crippen LogP contribution in [0.25, 0.3) is 0 Å². The van der Waals surface area contributed by atoms with E-state index in [-0.39, 0.29) is 16.8 Å². The van der Waals surface area contributed by atoms with Crippen LogP contribution < -0.4 is 9.88 Å². The average Bonchev–Trinajstić information content (AvgIpc) is 2.79. The van der Waals surface area contributed by atoms with Crippen molar-refractivity contribution in [3.05, 3.63) is 82.7 Å². The molecule has 9 nitrogen and oxygen atoms in total. The van der Waals surface area contributed by atoms with Gasteiger partial charge in [-0.25, -0.2) is 9.36 Å². The van der Waals surface area contributed by atoms with E-state index in [0.717, 1.165) is 5.57 Å². The molecule has 3 heterocycles. The zero-order chi connectivity index (χ0) is 22.0. The highest BCUT2D eigenvalue weighted by molar-refractivity contribution is 8.00. The number of thioether (sulfide) groups is 1. The van der Waals surface area contributed by atoms with Gasteiger partial charge in [0.25, 0.3) is 11.8 Å². The summed E-state index contributed by atoms with van der Waals surface area (Å²) >= 11 is 1.52. The highest BCUT2D eigenvalue weighted by Crippen LogP contribution is 2.36. The van der Waals surface area contributed by atoms with E-state index < -0.39 is 24.0 Å². The number of fused-ring (bicyclic) bond motifs is 1. The summed E-state index contributed by atoms with van der Waals surface area (Å²) in [4.78, 5) is 48.8. The van der Waals surface area contributed by atoms with Crippen molar-refractivity contribution < 1.29 is 24.1 Å². The first kappa shape index (κ1) is 20.7.